The Morgan fingerprint density at radius 2 is 2.12 bits per heavy atom. The van der Waals surface area contributed by atoms with Gasteiger partial charge < -0.3 is 19.7 Å². The normalized spacial score (nSPS) is 19.1. The lowest BCUT2D eigenvalue weighted by atomic mass is 9.97. The number of fused-ring (bicyclic) bond motifs is 1. The Labute approximate surface area is 190 Å². The standard InChI is InChI=1S/C24H23ClN2O5/c1-2-31-24(30)17-6-4-10-27(14-17)23(29)16-8-9-20-19(13-16)26-22(28)21(32-20)12-15-5-3-7-18(25)11-15/h3,5,7-9,11-13,17H,2,4,6,10,14H2,1H3,(H,26,28)/b21-12-. The summed E-state index contributed by atoms with van der Waals surface area (Å²) >= 11 is 6.00. The van der Waals surface area contributed by atoms with Gasteiger partial charge in [-0.3, -0.25) is 14.4 Å². The van der Waals surface area contributed by atoms with Gasteiger partial charge in [-0.2, -0.15) is 0 Å². The number of nitrogens with one attached hydrogen (secondary N) is 1. The quantitative estimate of drug-likeness (QED) is 0.554. The van der Waals surface area contributed by atoms with Crippen molar-refractivity contribution in [2.24, 2.45) is 5.92 Å². The van der Waals surface area contributed by atoms with Crippen LogP contribution >= 0.6 is 11.6 Å². The van der Waals surface area contributed by atoms with Crippen molar-refractivity contribution in [2.45, 2.75) is 19.8 Å². The highest BCUT2D eigenvalue weighted by Gasteiger charge is 2.31. The predicted molar refractivity (Wildman–Crippen MR) is 120 cm³/mol. The average Bonchev–Trinajstić information content (AvgIpc) is 2.79. The molecule has 1 unspecified atom stereocenters. The van der Waals surface area contributed by atoms with E-state index < -0.39 is 5.91 Å². The van der Waals surface area contributed by atoms with Crippen LogP contribution < -0.4 is 10.1 Å². The zero-order valence-electron chi connectivity index (χ0n) is 17.6. The fourth-order valence-electron chi connectivity index (χ4n) is 3.84. The number of esters is 1. The molecule has 4 rings (SSSR count). The smallest absolute Gasteiger partial charge is 0.310 e. The molecule has 2 heterocycles. The molecule has 0 saturated carbocycles. The minimum atomic E-state index is -0.414. The van der Waals surface area contributed by atoms with Gasteiger partial charge in [0.05, 0.1) is 18.2 Å². The maximum atomic E-state index is 13.0. The van der Waals surface area contributed by atoms with E-state index in [4.69, 9.17) is 21.1 Å². The highest BCUT2D eigenvalue weighted by atomic mass is 35.5. The van der Waals surface area contributed by atoms with Gasteiger partial charge in [0.25, 0.3) is 11.8 Å². The summed E-state index contributed by atoms with van der Waals surface area (Å²) in [6, 6.07) is 12.0. The van der Waals surface area contributed by atoms with Crippen LogP contribution in [0.5, 0.6) is 5.75 Å². The maximum absolute atomic E-state index is 13.0. The summed E-state index contributed by atoms with van der Waals surface area (Å²) < 4.78 is 10.9. The van der Waals surface area contributed by atoms with Gasteiger partial charge in [-0.05, 0) is 61.7 Å². The Morgan fingerprint density at radius 1 is 1.28 bits per heavy atom. The third-order valence-electron chi connectivity index (χ3n) is 5.39. The monoisotopic (exact) mass is 454 g/mol. The topological polar surface area (TPSA) is 84.9 Å². The molecule has 0 bridgehead atoms. The number of likely N-dealkylation sites (tertiary alicyclic amines) is 1. The van der Waals surface area contributed by atoms with Crippen molar-refractivity contribution in [1.29, 1.82) is 0 Å². The molecule has 1 saturated heterocycles. The molecule has 7 nitrogen and oxygen atoms in total. The van der Waals surface area contributed by atoms with E-state index in [9.17, 15) is 14.4 Å². The zero-order valence-corrected chi connectivity index (χ0v) is 18.4. The molecule has 166 valence electrons. The van der Waals surface area contributed by atoms with Gasteiger partial charge in [-0.1, -0.05) is 23.7 Å². The number of benzene rings is 2. The van der Waals surface area contributed by atoms with Gasteiger partial charge in [-0.15, -0.1) is 0 Å². The van der Waals surface area contributed by atoms with Gasteiger partial charge in [0.15, 0.2) is 11.5 Å². The molecule has 0 aromatic heterocycles. The molecule has 1 fully saturated rings. The van der Waals surface area contributed by atoms with Crippen molar-refractivity contribution in [3.05, 3.63) is 64.4 Å². The first kappa shape index (κ1) is 21.9. The van der Waals surface area contributed by atoms with Crippen LogP contribution in [0.2, 0.25) is 5.02 Å². The van der Waals surface area contributed by atoms with Crippen molar-refractivity contribution in [3.8, 4) is 5.75 Å². The van der Waals surface area contributed by atoms with Crippen LogP contribution in [-0.4, -0.2) is 42.4 Å². The number of hydrogen-bond donors (Lipinski definition) is 1. The van der Waals surface area contributed by atoms with Gasteiger partial charge >= 0.3 is 5.97 Å². The van der Waals surface area contributed by atoms with Crippen LogP contribution in [0, 0.1) is 5.92 Å². The van der Waals surface area contributed by atoms with Crippen LogP contribution in [0.3, 0.4) is 0 Å². The molecule has 1 atom stereocenters. The van der Waals surface area contributed by atoms with E-state index in [1.54, 1.807) is 54.3 Å². The summed E-state index contributed by atoms with van der Waals surface area (Å²) in [6.45, 7) is 2.98. The second-order valence-corrected chi connectivity index (χ2v) is 8.11. The lowest BCUT2D eigenvalue weighted by Gasteiger charge is -2.32. The lowest BCUT2D eigenvalue weighted by molar-refractivity contribution is -0.149. The van der Waals surface area contributed by atoms with Crippen LogP contribution in [0.4, 0.5) is 5.69 Å². The molecular formula is C24H23ClN2O5. The first-order chi connectivity index (χ1) is 15.4. The summed E-state index contributed by atoms with van der Waals surface area (Å²) in [4.78, 5) is 39.3. The number of carbonyl (C=O) groups excluding carboxylic acids is 3. The van der Waals surface area contributed by atoms with E-state index >= 15 is 0 Å². The molecule has 32 heavy (non-hydrogen) atoms. The number of ether oxygens (including phenoxy) is 2. The van der Waals surface area contributed by atoms with Crippen LogP contribution in [0.1, 0.15) is 35.7 Å². The number of hydrogen-bond acceptors (Lipinski definition) is 5. The summed E-state index contributed by atoms with van der Waals surface area (Å²) in [5.41, 5.74) is 1.57. The Kier molecular flexibility index (Phi) is 6.46. The summed E-state index contributed by atoms with van der Waals surface area (Å²) in [6.07, 6.45) is 3.04. The molecule has 2 amide bonds. The van der Waals surface area contributed by atoms with Gasteiger partial charge in [-0.25, -0.2) is 0 Å². The lowest BCUT2D eigenvalue weighted by Crippen LogP contribution is -2.42. The SMILES string of the molecule is CCOC(=O)C1CCCN(C(=O)c2ccc3c(c2)NC(=O)/C(=C/c2cccc(Cl)c2)O3)C1. The second-order valence-electron chi connectivity index (χ2n) is 7.67. The fourth-order valence-corrected chi connectivity index (χ4v) is 4.04. The molecule has 0 spiro atoms. The van der Waals surface area contributed by atoms with Gasteiger partial charge in [0, 0.05) is 23.7 Å². The molecule has 2 aromatic rings. The van der Waals surface area contributed by atoms with Crippen LogP contribution in [-0.2, 0) is 14.3 Å². The third kappa shape index (κ3) is 4.78. The summed E-state index contributed by atoms with van der Waals surface area (Å²) in [5, 5.41) is 3.33. The Bertz CT molecular complexity index is 1100. The Morgan fingerprint density at radius 3 is 2.91 bits per heavy atom. The predicted octanol–water partition coefficient (Wildman–Crippen LogP) is 4.13. The van der Waals surface area contributed by atoms with Crippen molar-refractivity contribution < 1.29 is 23.9 Å². The van der Waals surface area contributed by atoms with E-state index in [2.05, 4.69) is 5.32 Å². The highest BCUT2D eigenvalue weighted by molar-refractivity contribution is 6.30. The minimum absolute atomic E-state index is 0.132. The molecule has 2 aromatic carbocycles. The summed E-state index contributed by atoms with van der Waals surface area (Å²) in [7, 11) is 0. The Balaban J connectivity index is 1.50. The number of anilines is 1. The molecule has 0 aliphatic carbocycles. The van der Waals surface area contributed by atoms with Crippen LogP contribution in [0.25, 0.3) is 6.08 Å². The largest absolute Gasteiger partial charge is 0.466 e. The van der Waals surface area contributed by atoms with E-state index in [1.807, 2.05) is 6.07 Å². The van der Waals surface area contributed by atoms with Crippen LogP contribution in [0.15, 0.2) is 48.2 Å². The number of carbonyl (C=O) groups is 3. The average molecular weight is 455 g/mol. The van der Waals surface area contributed by atoms with Crippen molar-refractivity contribution >= 4 is 41.1 Å². The maximum Gasteiger partial charge on any atom is 0.310 e. The van der Waals surface area contributed by atoms with Crippen molar-refractivity contribution in [3.63, 3.8) is 0 Å². The zero-order chi connectivity index (χ0) is 22.7. The van der Waals surface area contributed by atoms with Gasteiger partial charge in [0.2, 0.25) is 0 Å². The molecule has 1 N–H and O–H groups in total. The summed E-state index contributed by atoms with van der Waals surface area (Å²) in [5.74, 6) is -0.619. The van der Waals surface area contributed by atoms with E-state index in [0.717, 1.165) is 12.0 Å². The third-order valence-corrected chi connectivity index (χ3v) is 5.63. The highest BCUT2D eigenvalue weighted by Crippen LogP contribution is 2.33. The number of nitrogens with zero attached hydrogens (tertiary/aromatic N) is 1. The second kappa shape index (κ2) is 9.44. The fraction of sp³-hybridized carbons (Fsp3) is 0.292. The number of amides is 2. The molecule has 0 radical (unpaired) electrons. The molecular weight excluding hydrogens is 432 g/mol. The molecule has 2 aliphatic rings. The molecule has 8 heteroatoms. The molecule has 2 aliphatic heterocycles. The number of rotatable bonds is 4. The Hall–Kier alpha value is -3.32. The van der Waals surface area contributed by atoms with Crippen molar-refractivity contribution in [2.75, 3.05) is 25.0 Å². The number of halogens is 1. The van der Waals surface area contributed by atoms with E-state index in [1.165, 1.54) is 0 Å². The van der Waals surface area contributed by atoms with E-state index in [0.29, 0.717) is 48.1 Å². The van der Waals surface area contributed by atoms with Gasteiger partial charge in [0.1, 0.15) is 0 Å². The first-order valence-electron chi connectivity index (χ1n) is 10.5. The first-order valence-corrected chi connectivity index (χ1v) is 10.9. The van der Waals surface area contributed by atoms with E-state index in [-0.39, 0.29) is 23.6 Å². The number of piperidine rings is 1. The van der Waals surface area contributed by atoms with Crippen molar-refractivity contribution in [1.82, 2.24) is 4.90 Å². The minimum Gasteiger partial charge on any atom is -0.466 e.